The normalized spacial score (nSPS) is 15.1. The van der Waals surface area contributed by atoms with Crippen LogP contribution in [0.3, 0.4) is 0 Å². The van der Waals surface area contributed by atoms with Gasteiger partial charge in [0.15, 0.2) is 11.7 Å². The Labute approximate surface area is 120 Å². The topological polar surface area (TPSA) is 13.1 Å². The van der Waals surface area contributed by atoms with E-state index in [0.717, 1.165) is 11.3 Å². The molecule has 0 fully saturated rings. The first kappa shape index (κ1) is 12.9. The summed E-state index contributed by atoms with van der Waals surface area (Å²) >= 11 is 0. The number of hydrogen-bond acceptors (Lipinski definition) is 1. The monoisotopic (exact) mass is 266 g/mol. The first-order valence-electron chi connectivity index (χ1n) is 7.01. The summed E-state index contributed by atoms with van der Waals surface area (Å²) in [5, 5.41) is 1.24. The predicted octanol–water partition coefficient (Wildman–Crippen LogP) is 3.81. The van der Waals surface area contributed by atoms with E-state index in [1.807, 2.05) is 12.2 Å². The lowest BCUT2D eigenvalue weighted by molar-refractivity contribution is -0.730. The van der Waals surface area contributed by atoms with Crippen LogP contribution in [0.2, 0.25) is 0 Å². The van der Waals surface area contributed by atoms with Crippen molar-refractivity contribution in [1.82, 2.24) is 0 Å². The van der Waals surface area contributed by atoms with Crippen LogP contribution in [0.4, 0.5) is 0 Å². The average molecular weight is 266 g/mol. The third kappa shape index (κ3) is 2.34. The largest absolute Gasteiger partial charge is 0.489 e. The van der Waals surface area contributed by atoms with Crippen molar-refractivity contribution >= 4 is 16.7 Å². The SMILES string of the molecule is CC(C)(C)[n+]1cc(C2=CC=CCO2)cc2ccccc21. The Hall–Kier alpha value is -2.09. The fourth-order valence-corrected chi connectivity index (χ4v) is 2.51. The van der Waals surface area contributed by atoms with Crippen molar-refractivity contribution < 1.29 is 9.30 Å². The number of pyridine rings is 1. The molecule has 0 saturated carbocycles. The van der Waals surface area contributed by atoms with Gasteiger partial charge in [0.1, 0.15) is 12.4 Å². The molecule has 0 bridgehead atoms. The molecule has 2 nitrogen and oxygen atoms in total. The van der Waals surface area contributed by atoms with Gasteiger partial charge in [-0.15, -0.1) is 0 Å². The van der Waals surface area contributed by atoms with Crippen LogP contribution >= 0.6 is 0 Å². The molecule has 0 spiro atoms. The highest BCUT2D eigenvalue weighted by Crippen LogP contribution is 2.23. The van der Waals surface area contributed by atoms with Crippen LogP contribution in [0.5, 0.6) is 0 Å². The Morgan fingerprint density at radius 3 is 2.65 bits per heavy atom. The third-order valence-electron chi connectivity index (χ3n) is 3.50. The molecule has 0 radical (unpaired) electrons. The van der Waals surface area contributed by atoms with Crippen molar-refractivity contribution in [2.75, 3.05) is 6.61 Å². The maximum atomic E-state index is 5.74. The second-order valence-electron chi connectivity index (χ2n) is 6.10. The Morgan fingerprint density at radius 2 is 1.95 bits per heavy atom. The molecule has 2 heterocycles. The van der Waals surface area contributed by atoms with E-state index in [1.54, 1.807) is 0 Å². The van der Waals surface area contributed by atoms with E-state index in [1.165, 1.54) is 10.9 Å². The summed E-state index contributed by atoms with van der Waals surface area (Å²) in [6.45, 7) is 7.31. The number of nitrogens with zero attached hydrogens (tertiary/aromatic N) is 1. The van der Waals surface area contributed by atoms with Crippen LogP contribution in [0, 0.1) is 0 Å². The summed E-state index contributed by atoms with van der Waals surface area (Å²) in [6, 6.07) is 10.7. The molecular formula is C18H20NO+. The maximum Gasteiger partial charge on any atom is 0.212 e. The van der Waals surface area contributed by atoms with E-state index < -0.39 is 0 Å². The lowest BCUT2D eigenvalue weighted by atomic mass is 10.0. The number of para-hydroxylation sites is 1. The maximum absolute atomic E-state index is 5.74. The first-order valence-corrected chi connectivity index (χ1v) is 7.01. The van der Waals surface area contributed by atoms with E-state index in [0.29, 0.717) is 6.61 Å². The molecular weight excluding hydrogens is 246 g/mol. The zero-order chi connectivity index (χ0) is 14.2. The van der Waals surface area contributed by atoms with Gasteiger partial charge in [-0.2, -0.15) is 4.57 Å². The first-order chi connectivity index (χ1) is 9.55. The van der Waals surface area contributed by atoms with Crippen molar-refractivity contribution in [2.45, 2.75) is 26.3 Å². The van der Waals surface area contributed by atoms with Gasteiger partial charge in [-0.05, 0) is 24.3 Å². The quantitative estimate of drug-likeness (QED) is 0.715. The molecule has 2 aromatic rings. The number of aromatic nitrogens is 1. The molecule has 102 valence electrons. The van der Waals surface area contributed by atoms with E-state index in [9.17, 15) is 0 Å². The number of allylic oxidation sites excluding steroid dienone is 2. The standard InChI is InChI=1S/C18H20NO/c1-18(2,3)19-13-15(17-10-6-7-11-20-17)12-14-8-4-5-9-16(14)19/h4-10,12-13H,11H2,1-3H3/q+1. The van der Waals surface area contributed by atoms with Gasteiger partial charge < -0.3 is 4.74 Å². The van der Waals surface area contributed by atoms with Gasteiger partial charge in [-0.25, -0.2) is 0 Å². The molecule has 0 amide bonds. The number of ether oxygens (including phenoxy) is 1. The average Bonchev–Trinajstić information content (AvgIpc) is 2.46. The van der Waals surface area contributed by atoms with Crippen molar-refractivity contribution in [3.8, 4) is 0 Å². The molecule has 3 rings (SSSR count). The number of rotatable bonds is 1. The Bertz CT molecular complexity index is 705. The molecule has 1 aromatic carbocycles. The van der Waals surface area contributed by atoms with Gasteiger partial charge in [-0.3, -0.25) is 0 Å². The van der Waals surface area contributed by atoms with Gasteiger partial charge >= 0.3 is 0 Å². The molecule has 0 saturated heterocycles. The van der Waals surface area contributed by atoms with Crippen LogP contribution in [-0.2, 0) is 10.3 Å². The summed E-state index contributed by atoms with van der Waals surface area (Å²) in [5.41, 5.74) is 2.40. The summed E-state index contributed by atoms with van der Waals surface area (Å²) in [7, 11) is 0. The van der Waals surface area contributed by atoms with Gasteiger partial charge in [0.05, 0.1) is 5.56 Å². The Morgan fingerprint density at radius 1 is 1.15 bits per heavy atom. The minimum absolute atomic E-state index is 0.0285. The van der Waals surface area contributed by atoms with Crippen molar-refractivity contribution in [3.05, 3.63) is 60.3 Å². The zero-order valence-electron chi connectivity index (χ0n) is 12.3. The van der Waals surface area contributed by atoms with E-state index in [2.05, 4.69) is 67.9 Å². The Balaban J connectivity index is 2.25. The lowest BCUT2D eigenvalue weighted by Crippen LogP contribution is -2.50. The van der Waals surface area contributed by atoms with Crippen LogP contribution in [-0.4, -0.2) is 6.61 Å². The second kappa shape index (κ2) is 4.78. The van der Waals surface area contributed by atoms with E-state index in [4.69, 9.17) is 4.74 Å². The lowest BCUT2D eigenvalue weighted by Gasteiger charge is -2.18. The fourth-order valence-electron chi connectivity index (χ4n) is 2.51. The second-order valence-corrected chi connectivity index (χ2v) is 6.10. The van der Waals surface area contributed by atoms with Crippen molar-refractivity contribution in [1.29, 1.82) is 0 Å². The zero-order valence-corrected chi connectivity index (χ0v) is 12.3. The summed E-state index contributed by atoms with van der Waals surface area (Å²) in [6.07, 6.45) is 8.28. The van der Waals surface area contributed by atoms with Crippen molar-refractivity contribution in [2.24, 2.45) is 0 Å². The predicted molar refractivity (Wildman–Crippen MR) is 82.2 cm³/mol. The Kier molecular flexibility index (Phi) is 3.09. The summed E-state index contributed by atoms with van der Waals surface area (Å²) in [5.74, 6) is 0.941. The minimum atomic E-state index is 0.0285. The number of fused-ring (bicyclic) bond motifs is 1. The fraction of sp³-hybridized carbons (Fsp3) is 0.278. The molecule has 20 heavy (non-hydrogen) atoms. The van der Waals surface area contributed by atoms with Gasteiger partial charge in [0.2, 0.25) is 5.52 Å². The molecule has 1 aliphatic heterocycles. The molecule has 0 unspecified atom stereocenters. The van der Waals surface area contributed by atoms with E-state index in [-0.39, 0.29) is 5.54 Å². The minimum Gasteiger partial charge on any atom is -0.489 e. The molecule has 1 aromatic heterocycles. The van der Waals surface area contributed by atoms with Gasteiger partial charge in [-0.1, -0.05) is 18.2 Å². The van der Waals surface area contributed by atoms with Crippen LogP contribution in [0.1, 0.15) is 26.3 Å². The highest BCUT2D eigenvalue weighted by Gasteiger charge is 2.26. The van der Waals surface area contributed by atoms with Gasteiger partial charge in [0.25, 0.3) is 0 Å². The number of hydrogen-bond donors (Lipinski definition) is 0. The van der Waals surface area contributed by atoms with Crippen LogP contribution in [0.25, 0.3) is 16.7 Å². The molecule has 0 aliphatic carbocycles. The van der Waals surface area contributed by atoms with Crippen molar-refractivity contribution in [3.63, 3.8) is 0 Å². The molecule has 0 N–H and O–H groups in total. The van der Waals surface area contributed by atoms with Gasteiger partial charge in [0, 0.05) is 32.2 Å². The smallest absolute Gasteiger partial charge is 0.212 e. The summed E-state index contributed by atoms with van der Waals surface area (Å²) in [4.78, 5) is 0. The molecule has 0 atom stereocenters. The highest BCUT2D eigenvalue weighted by atomic mass is 16.5. The highest BCUT2D eigenvalue weighted by molar-refractivity contribution is 5.79. The summed E-state index contributed by atoms with van der Waals surface area (Å²) < 4.78 is 8.06. The van der Waals surface area contributed by atoms with Crippen LogP contribution < -0.4 is 4.57 Å². The number of benzene rings is 1. The molecule has 1 aliphatic rings. The van der Waals surface area contributed by atoms with E-state index >= 15 is 0 Å². The third-order valence-corrected chi connectivity index (χ3v) is 3.50. The molecule has 2 heteroatoms. The van der Waals surface area contributed by atoms with Crippen LogP contribution in [0.15, 0.2) is 54.8 Å².